The van der Waals surface area contributed by atoms with Gasteiger partial charge in [-0.05, 0) is 62.1 Å². The van der Waals surface area contributed by atoms with E-state index in [0.29, 0.717) is 5.69 Å². The number of carbonyl (C=O) groups excluding carboxylic acids is 1. The molecule has 0 heterocycles. The van der Waals surface area contributed by atoms with Gasteiger partial charge in [0.05, 0.1) is 11.4 Å². The SMILES string of the molecule is Nc1ccc(N(C(=O)NC=C2CCCC2)c2ccccc2)cc1. The van der Waals surface area contributed by atoms with Crippen LogP contribution in [0.4, 0.5) is 21.9 Å². The zero-order valence-corrected chi connectivity index (χ0v) is 13.0. The van der Waals surface area contributed by atoms with Crippen LogP contribution in [0.5, 0.6) is 0 Å². The highest BCUT2D eigenvalue weighted by Gasteiger charge is 2.17. The zero-order valence-electron chi connectivity index (χ0n) is 13.0. The summed E-state index contributed by atoms with van der Waals surface area (Å²) in [5.41, 5.74) is 9.34. The van der Waals surface area contributed by atoms with Crippen molar-refractivity contribution in [3.63, 3.8) is 0 Å². The molecule has 0 aromatic heterocycles. The van der Waals surface area contributed by atoms with E-state index in [-0.39, 0.29) is 6.03 Å². The largest absolute Gasteiger partial charge is 0.399 e. The van der Waals surface area contributed by atoms with Crippen LogP contribution in [0.25, 0.3) is 0 Å². The van der Waals surface area contributed by atoms with Gasteiger partial charge >= 0.3 is 6.03 Å². The normalized spacial score (nSPS) is 13.7. The molecule has 0 aliphatic heterocycles. The Morgan fingerprint density at radius 3 is 2.22 bits per heavy atom. The first-order valence-corrected chi connectivity index (χ1v) is 7.93. The lowest BCUT2D eigenvalue weighted by molar-refractivity contribution is 0.251. The number of anilines is 3. The molecular formula is C19H21N3O. The predicted molar refractivity (Wildman–Crippen MR) is 94.5 cm³/mol. The summed E-state index contributed by atoms with van der Waals surface area (Å²) in [5, 5.41) is 2.93. The maximum Gasteiger partial charge on any atom is 0.330 e. The lowest BCUT2D eigenvalue weighted by Gasteiger charge is -2.23. The highest BCUT2D eigenvalue weighted by atomic mass is 16.2. The standard InChI is InChI=1S/C19H21N3O/c20-16-10-12-18(13-11-16)22(17-8-2-1-3-9-17)19(23)21-14-15-6-4-5-7-15/h1-3,8-14H,4-7,20H2,(H,21,23). The number of hydrogen-bond acceptors (Lipinski definition) is 2. The summed E-state index contributed by atoms with van der Waals surface area (Å²) in [6.07, 6.45) is 6.44. The van der Waals surface area contributed by atoms with Crippen LogP contribution in [-0.4, -0.2) is 6.03 Å². The quantitative estimate of drug-likeness (QED) is 0.816. The summed E-state index contributed by atoms with van der Waals surface area (Å²) in [4.78, 5) is 14.4. The molecule has 0 radical (unpaired) electrons. The Hall–Kier alpha value is -2.75. The first-order valence-electron chi connectivity index (χ1n) is 7.93. The van der Waals surface area contributed by atoms with E-state index in [0.717, 1.165) is 24.2 Å². The molecule has 23 heavy (non-hydrogen) atoms. The maximum absolute atomic E-state index is 12.7. The number of amides is 2. The minimum Gasteiger partial charge on any atom is -0.399 e. The number of nitrogens with zero attached hydrogens (tertiary/aromatic N) is 1. The molecule has 2 aromatic rings. The smallest absolute Gasteiger partial charge is 0.330 e. The van der Waals surface area contributed by atoms with Gasteiger partial charge in [-0.25, -0.2) is 4.79 Å². The van der Waals surface area contributed by atoms with Gasteiger partial charge in [-0.1, -0.05) is 23.8 Å². The van der Waals surface area contributed by atoms with Crippen molar-refractivity contribution in [1.82, 2.24) is 5.32 Å². The van der Waals surface area contributed by atoms with E-state index in [1.54, 1.807) is 17.0 Å². The van der Waals surface area contributed by atoms with Crippen LogP contribution in [0, 0.1) is 0 Å². The molecule has 1 aliphatic carbocycles. The van der Waals surface area contributed by atoms with E-state index in [1.165, 1.54) is 18.4 Å². The second-order valence-corrected chi connectivity index (χ2v) is 5.72. The molecule has 1 fully saturated rings. The van der Waals surface area contributed by atoms with E-state index >= 15 is 0 Å². The number of nitrogen functional groups attached to an aromatic ring is 1. The van der Waals surface area contributed by atoms with Crippen molar-refractivity contribution in [2.75, 3.05) is 10.6 Å². The first kappa shape index (κ1) is 15.2. The van der Waals surface area contributed by atoms with E-state index in [4.69, 9.17) is 5.73 Å². The molecule has 4 heteroatoms. The summed E-state index contributed by atoms with van der Waals surface area (Å²) in [7, 11) is 0. The number of nitrogens with one attached hydrogen (secondary N) is 1. The van der Waals surface area contributed by atoms with Crippen LogP contribution in [0.1, 0.15) is 25.7 Å². The van der Waals surface area contributed by atoms with Crippen molar-refractivity contribution < 1.29 is 4.79 Å². The van der Waals surface area contributed by atoms with Gasteiger partial charge in [-0.15, -0.1) is 0 Å². The Balaban J connectivity index is 1.87. The van der Waals surface area contributed by atoms with Crippen LogP contribution >= 0.6 is 0 Å². The average molecular weight is 307 g/mol. The second-order valence-electron chi connectivity index (χ2n) is 5.72. The van der Waals surface area contributed by atoms with E-state index in [2.05, 4.69) is 5.32 Å². The van der Waals surface area contributed by atoms with Crippen LogP contribution < -0.4 is 16.0 Å². The fourth-order valence-corrected chi connectivity index (χ4v) is 2.79. The number of benzene rings is 2. The molecular weight excluding hydrogens is 286 g/mol. The van der Waals surface area contributed by atoms with Crippen LogP contribution in [0.2, 0.25) is 0 Å². The fraction of sp³-hybridized carbons (Fsp3) is 0.211. The maximum atomic E-state index is 12.7. The second kappa shape index (κ2) is 7.01. The Labute approximate surface area is 136 Å². The molecule has 118 valence electrons. The van der Waals surface area contributed by atoms with Crippen LogP contribution in [-0.2, 0) is 0 Å². The molecule has 3 rings (SSSR count). The average Bonchev–Trinajstić information content (AvgIpc) is 3.09. The highest BCUT2D eigenvalue weighted by molar-refractivity contribution is 5.99. The van der Waals surface area contributed by atoms with E-state index in [9.17, 15) is 4.79 Å². The van der Waals surface area contributed by atoms with Gasteiger partial charge < -0.3 is 11.1 Å². The molecule has 0 saturated heterocycles. The van der Waals surface area contributed by atoms with Crippen LogP contribution in [0.15, 0.2) is 66.4 Å². The summed E-state index contributed by atoms with van der Waals surface area (Å²) >= 11 is 0. The molecule has 0 bridgehead atoms. The van der Waals surface area contributed by atoms with Crippen molar-refractivity contribution in [3.8, 4) is 0 Å². The molecule has 1 saturated carbocycles. The summed E-state index contributed by atoms with van der Waals surface area (Å²) in [6.45, 7) is 0. The number of nitrogens with two attached hydrogens (primary N) is 1. The molecule has 3 N–H and O–H groups in total. The Bertz CT molecular complexity index is 684. The van der Waals surface area contributed by atoms with Gasteiger partial charge in [0.25, 0.3) is 0 Å². The molecule has 0 unspecified atom stereocenters. The first-order chi connectivity index (χ1) is 11.2. The third kappa shape index (κ3) is 3.72. The molecule has 1 aliphatic rings. The molecule has 0 atom stereocenters. The zero-order chi connectivity index (χ0) is 16.1. The Morgan fingerprint density at radius 2 is 1.57 bits per heavy atom. The van der Waals surface area contributed by atoms with E-state index < -0.39 is 0 Å². The van der Waals surface area contributed by atoms with Crippen molar-refractivity contribution in [2.24, 2.45) is 0 Å². The van der Waals surface area contributed by atoms with Gasteiger partial charge in [-0.2, -0.15) is 0 Å². The third-order valence-corrected chi connectivity index (χ3v) is 4.01. The number of urea groups is 1. The topological polar surface area (TPSA) is 58.4 Å². The summed E-state index contributed by atoms with van der Waals surface area (Å²) in [5.74, 6) is 0. The monoisotopic (exact) mass is 307 g/mol. The number of carbonyl (C=O) groups is 1. The van der Waals surface area contributed by atoms with Gasteiger partial charge in [0.2, 0.25) is 0 Å². The Morgan fingerprint density at radius 1 is 0.957 bits per heavy atom. The van der Waals surface area contributed by atoms with Crippen molar-refractivity contribution in [3.05, 3.63) is 66.4 Å². The number of allylic oxidation sites excluding steroid dienone is 1. The van der Waals surface area contributed by atoms with E-state index in [1.807, 2.05) is 48.7 Å². The number of rotatable bonds is 3. The third-order valence-electron chi connectivity index (χ3n) is 4.01. The molecule has 0 spiro atoms. The van der Waals surface area contributed by atoms with Crippen molar-refractivity contribution in [1.29, 1.82) is 0 Å². The lowest BCUT2D eigenvalue weighted by Crippen LogP contribution is -2.34. The number of hydrogen-bond donors (Lipinski definition) is 2. The Kier molecular flexibility index (Phi) is 4.62. The molecule has 2 aromatic carbocycles. The minimum atomic E-state index is -0.166. The highest BCUT2D eigenvalue weighted by Crippen LogP contribution is 2.27. The summed E-state index contributed by atoms with van der Waals surface area (Å²) < 4.78 is 0. The molecule has 4 nitrogen and oxygen atoms in total. The van der Waals surface area contributed by atoms with Gasteiger partial charge in [0.1, 0.15) is 0 Å². The van der Waals surface area contributed by atoms with Crippen molar-refractivity contribution in [2.45, 2.75) is 25.7 Å². The van der Waals surface area contributed by atoms with Crippen molar-refractivity contribution >= 4 is 23.1 Å². The van der Waals surface area contributed by atoms with Gasteiger partial charge in [0.15, 0.2) is 0 Å². The lowest BCUT2D eigenvalue weighted by atomic mass is 10.2. The fourth-order valence-electron chi connectivity index (χ4n) is 2.79. The minimum absolute atomic E-state index is 0.166. The molecule has 2 amide bonds. The van der Waals surface area contributed by atoms with Gasteiger partial charge in [0, 0.05) is 11.9 Å². The summed E-state index contributed by atoms with van der Waals surface area (Å²) in [6, 6.07) is 16.7. The number of para-hydroxylation sites is 1. The van der Waals surface area contributed by atoms with Crippen LogP contribution in [0.3, 0.4) is 0 Å². The predicted octanol–water partition coefficient (Wildman–Crippen LogP) is 4.57. The van der Waals surface area contributed by atoms with Gasteiger partial charge in [-0.3, -0.25) is 4.90 Å².